The van der Waals surface area contributed by atoms with Crippen molar-refractivity contribution in [3.63, 3.8) is 0 Å². The molecule has 1 aliphatic carbocycles. The fraction of sp³-hybridized carbons (Fsp3) is 0.667. The van der Waals surface area contributed by atoms with Gasteiger partial charge in [-0.25, -0.2) is 4.98 Å². The normalized spacial score (nSPS) is 26.3. The fourth-order valence-electron chi connectivity index (χ4n) is 7.43. The van der Waals surface area contributed by atoms with Crippen LogP contribution in [0.5, 0.6) is 0 Å². The van der Waals surface area contributed by atoms with Gasteiger partial charge in [0.15, 0.2) is 5.69 Å². The van der Waals surface area contributed by atoms with Crippen LogP contribution < -0.4 is 5.56 Å². The Morgan fingerprint density at radius 3 is 2.08 bits per heavy atom. The second-order valence-electron chi connectivity index (χ2n) is 11.6. The van der Waals surface area contributed by atoms with Crippen LogP contribution in [0.4, 0.5) is 0 Å². The number of carboxylic acid groups (broad SMARTS) is 1. The summed E-state index contributed by atoms with van der Waals surface area (Å²) in [6.45, 7) is 0. The molecule has 8 nitrogen and oxygen atoms in total. The minimum Gasteiger partial charge on any atom is -0.481 e. The highest BCUT2D eigenvalue weighted by molar-refractivity contribution is 6.00. The zero-order valence-corrected chi connectivity index (χ0v) is 22.4. The minimum absolute atomic E-state index is 0.0380. The molecule has 0 radical (unpaired) electrons. The van der Waals surface area contributed by atoms with Gasteiger partial charge in [0, 0.05) is 30.6 Å². The Morgan fingerprint density at radius 1 is 0.842 bits per heavy atom. The van der Waals surface area contributed by atoms with Crippen LogP contribution in [-0.4, -0.2) is 54.6 Å². The molecule has 0 amide bonds. The van der Waals surface area contributed by atoms with Crippen molar-refractivity contribution >= 4 is 22.7 Å². The van der Waals surface area contributed by atoms with Crippen molar-refractivity contribution in [3.05, 3.63) is 40.3 Å². The molecule has 1 unspecified atom stereocenters. The number of carbonyl (C=O) groups is 1. The van der Waals surface area contributed by atoms with E-state index in [0.29, 0.717) is 23.6 Å². The number of oxime groups is 1. The summed E-state index contributed by atoms with van der Waals surface area (Å²) in [6.07, 6.45) is 17.2. The van der Waals surface area contributed by atoms with E-state index in [2.05, 4.69) is 15.0 Å². The number of hydrogen-bond acceptors (Lipinski definition) is 6. The fourth-order valence-corrected chi connectivity index (χ4v) is 7.43. The summed E-state index contributed by atoms with van der Waals surface area (Å²) in [4.78, 5) is 32.5. The lowest BCUT2D eigenvalue weighted by Gasteiger charge is -2.53. The van der Waals surface area contributed by atoms with E-state index < -0.39 is 5.97 Å². The number of hydrogen-bond donors (Lipinski definition) is 2. The lowest BCUT2D eigenvalue weighted by atomic mass is 9.79. The van der Waals surface area contributed by atoms with Crippen molar-refractivity contribution in [2.75, 3.05) is 0 Å². The molecule has 2 aliphatic heterocycles. The minimum atomic E-state index is -1.01. The largest absolute Gasteiger partial charge is 0.481 e. The van der Waals surface area contributed by atoms with Gasteiger partial charge >= 0.3 is 5.97 Å². The average molecular weight is 523 g/mol. The van der Waals surface area contributed by atoms with E-state index in [1.54, 1.807) is 0 Å². The predicted molar refractivity (Wildman–Crippen MR) is 148 cm³/mol. The monoisotopic (exact) mass is 522 g/mol. The lowest BCUT2D eigenvalue weighted by Crippen LogP contribution is -2.57. The molecule has 2 aromatic rings. The zero-order chi connectivity index (χ0) is 26.5. The molecule has 206 valence electrons. The number of aromatic nitrogens is 2. The third kappa shape index (κ3) is 5.80. The van der Waals surface area contributed by atoms with E-state index in [1.165, 1.54) is 77.0 Å². The zero-order valence-electron chi connectivity index (χ0n) is 22.4. The Labute approximate surface area is 224 Å². The van der Waals surface area contributed by atoms with Crippen LogP contribution in [0.3, 0.4) is 0 Å². The van der Waals surface area contributed by atoms with Gasteiger partial charge in [0.1, 0.15) is 5.71 Å². The summed E-state index contributed by atoms with van der Waals surface area (Å²) in [7, 11) is 0. The van der Waals surface area contributed by atoms with Gasteiger partial charge in [-0.05, 0) is 50.7 Å². The van der Waals surface area contributed by atoms with Crippen molar-refractivity contribution in [2.45, 2.75) is 127 Å². The molecule has 1 aromatic carbocycles. The third-order valence-corrected chi connectivity index (χ3v) is 9.13. The summed E-state index contributed by atoms with van der Waals surface area (Å²) < 4.78 is 1.89. The summed E-state index contributed by atoms with van der Waals surface area (Å²) in [6, 6.07) is 9.27. The smallest absolute Gasteiger partial charge is 0.303 e. The van der Waals surface area contributed by atoms with Crippen LogP contribution in [0.2, 0.25) is 0 Å². The predicted octanol–water partition coefficient (Wildman–Crippen LogP) is 5.89. The van der Waals surface area contributed by atoms with Gasteiger partial charge in [-0.1, -0.05) is 68.7 Å². The lowest BCUT2D eigenvalue weighted by molar-refractivity contribution is -0.136. The quantitative estimate of drug-likeness (QED) is 0.278. The van der Waals surface area contributed by atoms with Crippen LogP contribution in [0.1, 0.15) is 114 Å². The highest BCUT2D eigenvalue weighted by Crippen LogP contribution is 2.42. The molecule has 38 heavy (non-hydrogen) atoms. The van der Waals surface area contributed by atoms with Crippen LogP contribution in [0.15, 0.2) is 34.2 Å². The van der Waals surface area contributed by atoms with Gasteiger partial charge in [-0.3, -0.25) is 14.5 Å². The number of para-hydroxylation sites is 2. The molecule has 1 saturated carbocycles. The van der Waals surface area contributed by atoms with Gasteiger partial charge in [0.05, 0.1) is 17.5 Å². The van der Waals surface area contributed by atoms with Gasteiger partial charge in [0.2, 0.25) is 0 Å². The van der Waals surface area contributed by atoms with Gasteiger partial charge < -0.3 is 14.9 Å². The Morgan fingerprint density at radius 2 is 1.45 bits per heavy atom. The first kappa shape index (κ1) is 26.9. The molecule has 2 saturated heterocycles. The van der Waals surface area contributed by atoms with E-state index in [9.17, 15) is 14.8 Å². The topological polar surface area (TPSA) is 108 Å². The average Bonchev–Trinajstić information content (AvgIpc) is 2.91. The molecule has 0 spiro atoms. The van der Waals surface area contributed by atoms with Crippen LogP contribution in [0, 0.1) is 0 Å². The molecule has 3 heterocycles. The number of rotatable bonds is 6. The van der Waals surface area contributed by atoms with E-state index in [0.717, 1.165) is 18.4 Å². The SMILES string of the molecule is O=C(O)CCC(=NO)c1nc2ccccc2n(C2C[C@H]3CCC[C@@H](C2)N3C2CCCCCCCCC2)c1=O. The van der Waals surface area contributed by atoms with E-state index in [-0.39, 0.29) is 35.8 Å². The highest BCUT2D eigenvalue weighted by Gasteiger charge is 2.42. The molecular formula is C30H42N4O4. The van der Waals surface area contributed by atoms with E-state index in [4.69, 9.17) is 5.11 Å². The third-order valence-electron chi connectivity index (χ3n) is 9.13. The number of nitrogens with zero attached hydrogens (tertiary/aromatic N) is 4. The molecule has 5 rings (SSSR count). The molecule has 8 heteroatoms. The summed E-state index contributed by atoms with van der Waals surface area (Å²) >= 11 is 0. The molecule has 3 atom stereocenters. The van der Waals surface area contributed by atoms with Crippen LogP contribution in [-0.2, 0) is 4.79 Å². The van der Waals surface area contributed by atoms with E-state index in [1.807, 2.05) is 28.8 Å². The van der Waals surface area contributed by atoms with Gasteiger partial charge in [-0.15, -0.1) is 0 Å². The standard InChI is InChI=1S/C30H42N4O4/c35-28(36)18-17-26(32-38)29-30(37)34(27-16-9-8-15-25(27)31-29)24-19-22-13-10-14-23(20-24)33(22)21-11-6-4-2-1-3-5-7-12-21/h8-9,15-16,21-24,38H,1-7,10-14,17-20H2,(H,35,36)/t22-,23+,24?. The maximum absolute atomic E-state index is 13.9. The Hall–Kier alpha value is -2.74. The van der Waals surface area contributed by atoms with Crippen molar-refractivity contribution in [3.8, 4) is 0 Å². The number of aliphatic carboxylic acids is 1. The number of carboxylic acids is 1. The van der Waals surface area contributed by atoms with Crippen molar-refractivity contribution in [2.24, 2.45) is 5.16 Å². The number of benzene rings is 1. The van der Waals surface area contributed by atoms with Crippen molar-refractivity contribution in [1.82, 2.24) is 14.5 Å². The van der Waals surface area contributed by atoms with Gasteiger partial charge in [0.25, 0.3) is 5.56 Å². The Balaban J connectivity index is 1.47. The van der Waals surface area contributed by atoms with Crippen molar-refractivity contribution < 1.29 is 15.1 Å². The Bertz CT molecular complexity index is 1180. The first-order chi connectivity index (χ1) is 18.6. The first-order valence-corrected chi connectivity index (χ1v) is 14.8. The number of fused-ring (bicyclic) bond motifs is 3. The Kier molecular flexibility index (Phi) is 8.77. The van der Waals surface area contributed by atoms with Crippen LogP contribution in [0.25, 0.3) is 11.0 Å². The molecule has 3 aliphatic rings. The second-order valence-corrected chi connectivity index (χ2v) is 11.6. The second kappa shape index (κ2) is 12.4. The molecule has 1 aromatic heterocycles. The molecular weight excluding hydrogens is 480 g/mol. The molecule has 3 fully saturated rings. The van der Waals surface area contributed by atoms with Gasteiger partial charge in [-0.2, -0.15) is 0 Å². The van der Waals surface area contributed by atoms with Crippen LogP contribution >= 0.6 is 0 Å². The molecule has 2 N–H and O–H groups in total. The highest BCUT2D eigenvalue weighted by atomic mass is 16.4. The van der Waals surface area contributed by atoms with E-state index >= 15 is 0 Å². The van der Waals surface area contributed by atoms with Crippen molar-refractivity contribution in [1.29, 1.82) is 0 Å². The molecule has 2 bridgehead atoms. The number of piperidine rings is 2. The summed E-state index contributed by atoms with van der Waals surface area (Å²) in [5.41, 5.74) is 1.28. The summed E-state index contributed by atoms with van der Waals surface area (Å²) in [5, 5.41) is 22.1. The first-order valence-electron chi connectivity index (χ1n) is 14.8. The maximum atomic E-state index is 13.9. The maximum Gasteiger partial charge on any atom is 0.303 e. The summed E-state index contributed by atoms with van der Waals surface area (Å²) in [5.74, 6) is -1.01.